The molecule has 0 aliphatic carbocycles. The number of rotatable bonds is 9. The molecular weight excluding hydrogens is 384 g/mol. The van der Waals surface area contributed by atoms with Crippen molar-refractivity contribution < 1.29 is 19.1 Å². The molecule has 158 valence electrons. The summed E-state index contributed by atoms with van der Waals surface area (Å²) in [7, 11) is 3.11. The van der Waals surface area contributed by atoms with Crippen LogP contribution in [0.1, 0.15) is 35.3 Å². The fraction of sp³-hybridized carbons (Fsp3) is 0.318. The molecule has 0 heterocycles. The monoisotopic (exact) mass is 410 g/mol. The van der Waals surface area contributed by atoms with Gasteiger partial charge in [0.2, 0.25) is 5.91 Å². The molecule has 0 unspecified atom stereocenters. The summed E-state index contributed by atoms with van der Waals surface area (Å²) in [4.78, 5) is 24.0. The number of methoxy groups -OCH3 is 2. The topological polar surface area (TPSA) is 112 Å². The molecule has 1 atom stereocenters. The molecule has 0 bridgehead atoms. The van der Waals surface area contributed by atoms with E-state index in [1.807, 2.05) is 19.1 Å². The van der Waals surface area contributed by atoms with Crippen molar-refractivity contribution in [2.75, 3.05) is 26.1 Å². The normalized spacial score (nSPS) is 11.0. The SMILES string of the molecule is COc1ccc(CNC(=O)c2cc(C#N)ccc2N[C@@H](C)CNC(C)=O)cc1OC. The van der Waals surface area contributed by atoms with Gasteiger partial charge < -0.3 is 25.4 Å². The van der Waals surface area contributed by atoms with Crippen molar-refractivity contribution in [2.24, 2.45) is 0 Å². The summed E-state index contributed by atoms with van der Waals surface area (Å²) >= 11 is 0. The van der Waals surface area contributed by atoms with Gasteiger partial charge in [-0.3, -0.25) is 9.59 Å². The number of nitrogens with zero attached hydrogens (tertiary/aromatic N) is 1. The van der Waals surface area contributed by atoms with Crippen molar-refractivity contribution in [3.8, 4) is 17.6 Å². The molecule has 30 heavy (non-hydrogen) atoms. The third kappa shape index (κ3) is 6.14. The summed E-state index contributed by atoms with van der Waals surface area (Å²) < 4.78 is 10.5. The summed E-state index contributed by atoms with van der Waals surface area (Å²) in [5.74, 6) is 0.728. The molecule has 8 nitrogen and oxygen atoms in total. The van der Waals surface area contributed by atoms with E-state index >= 15 is 0 Å². The fourth-order valence-corrected chi connectivity index (χ4v) is 2.81. The van der Waals surface area contributed by atoms with Crippen molar-refractivity contribution in [1.29, 1.82) is 5.26 Å². The molecule has 2 aromatic carbocycles. The molecule has 2 rings (SSSR count). The largest absolute Gasteiger partial charge is 0.493 e. The van der Waals surface area contributed by atoms with Gasteiger partial charge in [0.25, 0.3) is 5.91 Å². The van der Waals surface area contributed by atoms with Crippen molar-refractivity contribution >= 4 is 17.5 Å². The van der Waals surface area contributed by atoms with E-state index in [0.29, 0.717) is 34.9 Å². The van der Waals surface area contributed by atoms with Gasteiger partial charge in [-0.2, -0.15) is 5.26 Å². The van der Waals surface area contributed by atoms with E-state index in [2.05, 4.69) is 16.0 Å². The number of hydrogen-bond donors (Lipinski definition) is 3. The number of benzene rings is 2. The molecule has 3 N–H and O–H groups in total. The lowest BCUT2D eigenvalue weighted by atomic mass is 10.1. The van der Waals surface area contributed by atoms with Crippen molar-refractivity contribution in [2.45, 2.75) is 26.4 Å². The van der Waals surface area contributed by atoms with Gasteiger partial charge in [-0.05, 0) is 42.8 Å². The van der Waals surface area contributed by atoms with Crippen LogP contribution in [-0.4, -0.2) is 38.6 Å². The molecule has 0 fully saturated rings. The maximum absolute atomic E-state index is 12.8. The molecule has 8 heteroatoms. The van der Waals surface area contributed by atoms with Gasteiger partial charge in [0, 0.05) is 31.7 Å². The molecule has 2 aromatic rings. The zero-order chi connectivity index (χ0) is 22.1. The highest BCUT2D eigenvalue weighted by molar-refractivity contribution is 6.00. The van der Waals surface area contributed by atoms with Crippen LogP contribution in [0, 0.1) is 11.3 Å². The van der Waals surface area contributed by atoms with Crippen LogP contribution < -0.4 is 25.4 Å². The lowest BCUT2D eigenvalue weighted by molar-refractivity contribution is -0.118. The lowest BCUT2D eigenvalue weighted by Crippen LogP contribution is -2.34. The third-order valence-electron chi connectivity index (χ3n) is 4.35. The van der Waals surface area contributed by atoms with Gasteiger partial charge in [0.15, 0.2) is 11.5 Å². The number of nitrogens with one attached hydrogen (secondary N) is 3. The smallest absolute Gasteiger partial charge is 0.253 e. The molecule has 0 spiro atoms. The van der Waals surface area contributed by atoms with Gasteiger partial charge in [0.05, 0.1) is 31.4 Å². The summed E-state index contributed by atoms with van der Waals surface area (Å²) in [6.07, 6.45) is 0. The van der Waals surface area contributed by atoms with Crippen molar-refractivity contribution in [3.63, 3.8) is 0 Å². The maximum Gasteiger partial charge on any atom is 0.253 e. The van der Waals surface area contributed by atoms with Crippen LogP contribution in [0.4, 0.5) is 5.69 Å². The predicted octanol–water partition coefficient (Wildman–Crippen LogP) is 2.44. The Morgan fingerprint density at radius 3 is 2.43 bits per heavy atom. The molecule has 0 saturated heterocycles. The van der Waals surface area contributed by atoms with E-state index in [1.54, 1.807) is 38.5 Å². The minimum Gasteiger partial charge on any atom is -0.493 e. The van der Waals surface area contributed by atoms with Gasteiger partial charge in [-0.25, -0.2) is 0 Å². The first kappa shape index (κ1) is 22.6. The number of amides is 2. The number of carbonyl (C=O) groups excluding carboxylic acids is 2. The Balaban J connectivity index is 2.15. The van der Waals surface area contributed by atoms with Crippen LogP contribution in [0.25, 0.3) is 0 Å². The maximum atomic E-state index is 12.8. The highest BCUT2D eigenvalue weighted by Crippen LogP contribution is 2.27. The van der Waals surface area contributed by atoms with E-state index < -0.39 is 0 Å². The zero-order valence-electron chi connectivity index (χ0n) is 17.5. The van der Waals surface area contributed by atoms with Gasteiger partial charge >= 0.3 is 0 Å². The molecule has 0 aliphatic rings. The number of ether oxygens (including phenoxy) is 2. The van der Waals surface area contributed by atoms with Crippen LogP contribution in [-0.2, 0) is 11.3 Å². The van der Waals surface area contributed by atoms with Gasteiger partial charge in [-0.15, -0.1) is 0 Å². The average molecular weight is 410 g/mol. The van der Waals surface area contributed by atoms with Crippen LogP contribution >= 0.6 is 0 Å². The average Bonchev–Trinajstić information content (AvgIpc) is 2.75. The van der Waals surface area contributed by atoms with E-state index in [1.165, 1.54) is 13.0 Å². The van der Waals surface area contributed by atoms with E-state index in [9.17, 15) is 14.9 Å². The van der Waals surface area contributed by atoms with Gasteiger partial charge in [-0.1, -0.05) is 6.07 Å². The highest BCUT2D eigenvalue weighted by atomic mass is 16.5. The molecule has 0 radical (unpaired) electrons. The summed E-state index contributed by atoms with van der Waals surface area (Å²) in [6, 6.07) is 12.2. The minimum absolute atomic E-state index is 0.112. The van der Waals surface area contributed by atoms with E-state index in [0.717, 1.165) is 5.56 Å². The first-order valence-electron chi connectivity index (χ1n) is 9.42. The summed E-state index contributed by atoms with van der Waals surface area (Å²) in [6.45, 7) is 4.01. The number of anilines is 1. The van der Waals surface area contributed by atoms with Crippen LogP contribution in [0.2, 0.25) is 0 Å². The molecule has 0 aliphatic heterocycles. The molecule has 0 saturated carbocycles. The second-order valence-corrected chi connectivity index (χ2v) is 6.73. The van der Waals surface area contributed by atoms with E-state index in [4.69, 9.17) is 9.47 Å². The van der Waals surface area contributed by atoms with Crippen molar-refractivity contribution in [3.05, 3.63) is 53.1 Å². The minimum atomic E-state index is -0.323. The standard InChI is InChI=1S/C22H26N4O4/c1-14(12-24-15(2)27)26-19-7-5-16(11-23)9-18(19)22(28)25-13-17-6-8-20(29-3)21(10-17)30-4/h5-10,14,26H,12-13H2,1-4H3,(H,24,27)(H,25,28)/t14-/m0/s1. The fourth-order valence-electron chi connectivity index (χ4n) is 2.81. The Morgan fingerprint density at radius 1 is 1.07 bits per heavy atom. The Labute approximate surface area is 176 Å². The summed E-state index contributed by atoms with van der Waals surface area (Å²) in [5.41, 5.74) is 2.15. The Morgan fingerprint density at radius 2 is 1.80 bits per heavy atom. The van der Waals surface area contributed by atoms with Crippen molar-refractivity contribution in [1.82, 2.24) is 10.6 Å². The Kier molecular flexibility index (Phi) is 8.06. The zero-order valence-corrected chi connectivity index (χ0v) is 17.5. The first-order valence-corrected chi connectivity index (χ1v) is 9.42. The number of hydrogen-bond acceptors (Lipinski definition) is 6. The van der Waals surface area contributed by atoms with Crippen LogP contribution in [0.15, 0.2) is 36.4 Å². The van der Waals surface area contributed by atoms with Crippen LogP contribution in [0.5, 0.6) is 11.5 Å². The third-order valence-corrected chi connectivity index (χ3v) is 4.35. The predicted molar refractivity (Wildman–Crippen MR) is 114 cm³/mol. The van der Waals surface area contributed by atoms with Gasteiger partial charge in [0.1, 0.15) is 0 Å². The molecular formula is C22H26N4O4. The summed E-state index contributed by atoms with van der Waals surface area (Å²) in [5, 5.41) is 18.0. The molecule has 2 amide bonds. The highest BCUT2D eigenvalue weighted by Gasteiger charge is 2.15. The Bertz CT molecular complexity index is 953. The quantitative estimate of drug-likeness (QED) is 0.585. The first-order chi connectivity index (χ1) is 14.4. The van der Waals surface area contributed by atoms with Crippen LogP contribution in [0.3, 0.4) is 0 Å². The second-order valence-electron chi connectivity index (χ2n) is 6.73. The van der Waals surface area contributed by atoms with E-state index in [-0.39, 0.29) is 24.4 Å². The number of nitriles is 1. The second kappa shape index (κ2) is 10.7. The molecule has 0 aromatic heterocycles. The number of carbonyl (C=O) groups is 2. The lowest BCUT2D eigenvalue weighted by Gasteiger charge is -2.18. The Hall–Kier alpha value is -3.73.